The molecule has 156 valence electrons. The fourth-order valence-electron chi connectivity index (χ4n) is 4.47. The number of halogens is 4. The lowest BCUT2D eigenvalue weighted by Gasteiger charge is -2.46. The molecule has 3 rings (SSSR count). The van der Waals surface area contributed by atoms with E-state index in [1.807, 2.05) is 4.90 Å². The van der Waals surface area contributed by atoms with Crippen LogP contribution in [-0.4, -0.2) is 32.5 Å². The molecule has 1 heterocycles. The fourth-order valence-corrected chi connectivity index (χ4v) is 4.70. The number of carbonyl (C=O) groups is 1. The highest BCUT2D eigenvalue weighted by Crippen LogP contribution is 2.48. The first-order chi connectivity index (χ1) is 13.2. The van der Waals surface area contributed by atoms with Crippen molar-refractivity contribution in [2.75, 3.05) is 25.1 Å². The van der Waals surface area contributed by atoms with Gasteiger partial charge in [0.15, 0.2) is 0 Å². The molecule has 28 heavy (non-hydrogen) atoms. The van der Waals surface area contributed by atoms with Gasteiger partial charge in [-0.2, -0.15) is 0 Å². The Morgan fingerprint density at radius 2 is 1.86 bits per heavy atom. The standard InChI is InChI=1S/C20H25ClF3NO3/c1-27-18(26)12-14-4-6-19(7-5-14)8-10-25(11-9-19)17-13-15(2-3-16(17)21)28-20(22,23)24/h2-3,13-14H,4-12H2,1H3. The average Bonchev–Trinajstić information content (AvgIpc) is 2.65. The number of anilines is 1. The van der Waals surface area contributed by atoms with Crippen molar-refractivity contribution in [1.82, 2.24) is 0 Å². The predicted octanol–water partition coefficient (Wildman–Crippen LogP) is 5.58. The van der Waals surface area contributed by atoms with Gasteiger partial charge in [0.1, 0.15) is 5.75 Å². The Labute approximate surface area is 167 Å². The van der Waals surface area contributed by atoms with E-state index in [1.165, 1.54) is 25.3 Å². The van der Waals surface area contributed by atoms with Crippen molar-refractivity contribution < 1.29 is 27.4 Å². The van der Waals surface area contributed by atoms with Crippen LogP contribution in [0.25, 0.3) is 0 Å². The molecule has 4 nitrogen and oxygen atoms in total. The molecule has 1 aromatic rings. The number of hydrogen-bond acceptors (Lipinski definition) is 4. The van der Waals surface area contributed by atoms with Gasteiger partial charge in [0.2, 0.25) is 0 Å². The van der Waals surface area contributed by atoms with Crippen molar-refractivity contribution in [1.29, 1.82) is 0 Å². The summed E-state index contributed by atoms with van der Waals surface area (Å²) >= 11 is 6.24. The summed E-state index contributed by atoms with van der Waals surface area (Å²) < 4.78 is 46.3. The zero-order valence-electron chi connectivity index (χ0n) is 15.9. The molecule has 0 bridgehead atoms. The third-order valence-corrected chi connectivity index (χ3v) is 6.48. The van der Waals surface area contributed by atoms with Crippen LogP contribution in [0.4, 0.5) is 18.9 Å². The fraction of sp³-hybridized carbons (Fsp3) is 0.650. The molecule has 0 N–H and O–H groups in total. The predicted molar refractivity (Wildman–Crippen MR) is 101 cm³/mol. The molecular formula is C20H25ClF3NO3. The quantitative estimate of drug-likeness (QED) is 0.597. The summed E-state index contributed by atoms with van der Waals surface area (Å²) in [6.07, 6.45) is 1.90. The SMILES string of the molecule is COC(=O)CC1CCC2(CC1)CCN(c1cc(OC(F)(F)F)ccc1Cl)CC2. The van der Waals surface area contributed by atoms with E-state index in [-0.39, 0.29) is 17.1 Å². The third kappa shape index (κ3) is 5.25. The molecule has 1 aliphatic carbocycles. The van der Waals surface area contributed by atoms with Crippen LogP contribution in [0.1, 0.15) is 44.9 Å². The summed E-state index contributed by atoms with van der Waals surface area (Å²) in [4.78, 5) is 13.5. The number of alkyl halides is 3. The van der Waals surface area contributed by atoms with E-state index in [0.29, 0.717) is 23.0 Å². The van der Waals surface area contributed by atoms with Gasteiger partial charge in [0, 0.05) is 25.6 Å². The van der Waals surface area contributed by atoms with Crippen molar-refractivity contribution >= 4 is 23.3 Å². The van der Waals surface area contributed by atoms with E-state index in [1.54, 1.807) is 0 Å². The Morgan fingerprint density at radius 1 is 1.21 bits per heavy atom. The lowest BCUT2D eigenvalue weighted by molar-refractivity contribution is -0.274. The lowest BCUT2D eigenvalue weighted by atomic mass is 9.65. The van der Waals surface area contributed by atoms with Gasteiger partial charge in [-0.1, -0.05) is 11.6 Å². The summed E-state index contributed by atoms with van der Waals surface area (Å²) in [6, 6.07) is 4.04. The van der Waals surface area contributed by atoms with Crippen LogP contribution in [0, 0.1) is 11.3 Å². The molecule has 1 spiro atoms. The summed E-state index contributed by atoms with van der Waals surface area (Å²) in [5.74, 6) is -0.0105. The monoisotopic (exact) mass is 419 g/mol. The summed E-state index contributed by atoms with van der Waals surface area (Å²) in [5, 5.41) is 0.423. The highest BCUT2D eigenvalue weighted by atomic mass is 35.5. The Bertz CT molecular complexity index is 692. The van der Waals surface area contributed by atoms with E-state index < -0.39 is 6.36 Å². The Balaban J connectivity index is 1.59. The topological polar surface area (TPSA) is 38.8 Å². The van der Waals surface area contributed by atoms with E-state index in [9.17, 15) is 18.0 Å². The van der Waals surface area contributed by atoms with Crippen molar-refractivity contribution in [2.24, 2.45) is 11.3 Å². The van der Waals surface area contributed by atoms with Crippen LogP contribution in [0.3, 0.4) is 0 Å². The second kappa shape index (κ2) is 8.39. The van der Waals surface area contributed by atoms with E-state index in [0.717, 1.165) is 51.6 Å². The molecule has 1 saturated heterocycles. The molecule has 8 heteroatoms. The average molecular weight is 420 g/mol. The number of nitrogens with zero attached hydrogens (tertiary/aromatic N) is 1. The number of rotatable bonds is 4. The molecule has 0 unspecified atom stereocenters. The van der Waals surface area contributed by atoms with Crippen LogP contribution < -0.4 is 9.64 Å². The minimum Gasteiger partial charge on any atom is -0.469 e. The van der Waals surface area contributed by atoms with Gasteiger partial charge < -0.3 is 14.4 Å². The maximum absolute atomic E-state index is 12.5. The van der Waals surface area contributed by atoms with Gasteiger partial charge in [-0.3, -0.25) is 4.79 Å². The van der Waals surface area contributed by atoms with Crippen LogP contribution in [0.15, 0.2) is 18.2 Å². The summed E-state index contributed by atoms with van der Waals surface area (Å²) in [6.45, 7) is 1.49. The Kier molecular flexibility index (Phi) is 6.32. The van der Waals surface area contributed by atoms with E-state index in [2.05, 4.69) is 4.74 Å². The van der Waals surface area contributed by atoms with Crippen molar-refractivity contribution in [3.8, 4) is 5.75 Å². The van der Waals surface area contributed by atoms with Crippen LogP contribution in [0.5, 0.6) is 5.75 Å². The van der Waals surface area contributed by atoms with Gasteiger partial charge in [0.25, 0.3) is 0 Å². The van der Waals surface area contributed by atoms with Crippen LogP contribution in [-0.2, 0) is 9.53 Å². The number of hydrogen-bond donors (Lipinski definition) is 0. The van der Waals surface area contributed by atoms with Crippen LogP contribution >= 0.6 is 11.6 Å². The zero-order chi connectivity index (χ0) is 20.4. The largest absolute Gasteiger partial charge is 0.573 e. The Hall–Kier alpha value is -1.63. The minimum atomic E-state index is -4.72. The number of esters is 1. The highest BCUT2D eigenvalue weighted by molar-refractivity contribution is 6.33. The number of carbonyl (C=O) groups excluding carboxylic acids is 1. The first-order valence-electron chi connectivity index (χ1n) is 9.57. The van der Waals surface area contributed by atoms with Crippen LogP contribution in [0.2, 0.25) is 5.02 Å². The molecule has 1 aliphatic heterocycles. The van der Waals surface area contributed by atoms with Gasteiger partial charge in [-0.15, -0.1) is 13.2 Å². The van der Waals surface area contributed by atoms with Crippen molar-refractivity contribution in [3.63, 3.8) is 0 Å². The zero-order valence-corrected chi connectivity index (χ0v) is 16.6. The van der Waals surface area contributed by atoms with Gasteiger partial charge in [-0.05, 0) is 62.0 Å². The van der Waals surface area contributed by atoms with E-state index in [4.69, 9.17) is 16.3 Å². The molecule has 0 radical (unpaired) electrons. The summed E-state index contributed by atoms with van der Waals surface area (Å²) in [7, 11) is 1.42. The maximum atomic E-state index is 12.5. The van der Waals surface area contributed by atoms with Crippen molar-refractivity contribution in [2.45, 2.75) is 51.3 Å². The lowest BCUT2D eigenvalue weighted by Crippen LogP contribution is -2.42. The summed E-state index contributed by atoms with van der Waals surface area (Å²) in [5.41, 5.74) is 0.841. The second-order valence-corrected chi connectivity index (χ2v) is 8.28. The Morgan fingerprint density at radius 3 is 2.43 bits per heavy atom. The number of benzene rings is 1. The first-order valence-corrected chi connectivity index (χ1v) is 9.95. The number of ether oxygens (including phenoxy) is 2. The van der Waals surface area contributed by atoms with Gasteiger partial charge >= 0.3 is 12.3 Å². The molecule has 2 aliphatic rings. The van der Waals surface area contributed by atoms with E-state index >= 15 is 0 Å². The van der Waals surface area contributed by atoms with Crippen molar-refractivity contribution in [3.05, 3.63) is 23.2 Å². The number of methoxy groups -OCH3 is 1. The molecule has 2 fully saturated rings. The number of piperidine rings is 1. The smallest absolute Gasteiger partial charge is 0.469 e. The normalized spacial score (nSPS) is 20.2. The molecule has 0 atom stereocenters. The molecule has 0 aromatic heterocycles. The molecular weight excluding hydrogens is 395 g/mol. The van der Waals surface area contributed by atoms with Gasteiger partial charge in [0.05, 0.1) is 17.8 Å². The third-order valence-electron chi connectivity index (χ3n) is 6.16. The second-order valence-electron chi connectivity index (χ2n) is 7.87. The maximum Gasteiger partial charge on any atom is 0.573 e. The molecule has 1 saturated carbocycles. The highest BCUT2D eigenvalue weighted by Gasteiger charge is 2.39. The minimum absolute atomic E-state index is 0.147. The first kappa shape index (κ1) is 21.1. The molecule has 1 aromatic carbocycles. The van der Waals surface area contributed by atoms with Gasteiger partial charge in [-0.25, -0.2) is 0 Å². The molecule has 0 amide bonds.